The number of nitrogens with zero attached hydrogens (tertiary/aromatic N) is 1. The van der Waals surface area contributed by atoms with Crippen molar-refractivity contribution in [3.05, 3.63) is 32.6 Å². The van der Waals surface area contributed by atoms with E-state index in [1.165, 1.54) is 6.92 Å². The van der Waals surface area contributed by atoms with Crippen LogP contribution >= 0.6 is 0 Å². The standard InChI is InChI=1S/C10H11FN2O6/c1-3-2-13(10(18)12-7(3)15)8-4(11)5(14)6(19-8)9(16)17/h2,4-6,8,14H,1H3,(H,16,17)(H,12,15,18)/t4-,5-,6-,8+/m0/s1. The molecule has 1 aromatic heterocycles. The fraction of sp³-hybridized carbons (Fsp3) is 0.500. The molecule has 1 aliphatic rings. The van der Waals surface area contributed by atoms with Gasteiger partial charge in [-0.1, -0.05) is 0 Å². The maximum absolute atomic E-state index is 13.8. The molecule has 8 nitrogen and oxygen atoms in total. The zero-order chi connectivity index (χ0) is 14.3. The first kappa shape index (κ1) is 13.4. The van der Waals surface area contributed by atoms with Crippen molar-refractivity contribution < 1.29 is 24.1 Å². The number of carboxylic acid groups (broad SMARTS) is 1. The number of aliphatic hydroxyl groups excluding tert-OH is 1. The van der Waals surface area contributed by atoms with Crippen LogP contribution in [0.3, 0.4) is 0 Å². The normalized spacial score (nSPS) is 30.5. The molecule has 0 unspecified atom stereocenters. The number of aromatic amines is 1. The minimum atomic E-state index is -2.09. The predicted octanol–water partition coefficient (Wildman–Crippen LogP) is -1.47. The van der Waals surface area contributed by atoms with Gasteiger partial charge >= 0.3 is 11.7 Å². The monoisotopic (exact) mass is 274 g/mol. The molecule has 1 fully saturated rings. The molecule has 2 rings (SSSR count). The summed E-state index contributed by atoms with van der Waals surface area (Å²) in [6, 6.07) is 0. The number of carboxylic acids is 1. The van der Waals surface area contributed by atoms with Gasteiger partial charge in [0, 0.05) is 11.8 Å². The molecule has 104 valence electrons. The summed E-state index contributed by atoms with van der Waals surface area (Å²) in [5.74, 6) is -1.54. The Kier molecular flexibility index (Phi) is 3.25. The molecule has 0 spiro atoms. The molecule has 4 atom stereocenters. The van der Waals surface area contributed by atoms with Gasteiger partial charge in [-0.3, -0.25) is 14.3 Å². The number of alkyl halides is 1. The first-order chi connectivity index (χ1) is 8.82. The van der Waals surface area contributed by atoms with Crippen LogP contribution in [-0.4, -0.2) is 44.1 Å². The molecule has 0 aliphatic carbocycles. The molecule has 0 radical (unpaired) electrons. The van der Waals surface area contributed by atoms with Crippen LogP contribution in [-0.2, 0) is 9.53 Å². The van der Waals surface area contributed by atoms with E-state index in [1.54, 1.807) is 0 Å². The van der Waals surface area contributed by atoms with E-state index < -0.39 is 41.8 Å². The fourth-order valence-electron chi connectivity index (χ4n) is 1.84. The van der Waals surface area contributed by atoms with E-state index in [4.69, 9.17) is 9.84 Å². The molecule has 9 heteroatoms. The number of rotatable bonds is 2. The molecule has 1 aliphatic heterocycles. The van der Waals surface area contributed by atoms with Crippen molar-refractivity contribution in [3.63, 3.8) is 0 Å². The first-order valence-electron chi connectivity index (χ1n) is 5.35. The first-order valence-corrected chi connectivity index (χ1v) is 5.35. The molecule has 1 aromatic rings. The lowest BCUT2D eigenvalue weighted by Gasteiger charge is -2.15. The molecule has 1 saturated heterocycles. The number of ether oxygens (including phenoxy) is 1. The lowest BCUT2D eigenvalue weighted by Crippen LogP contribution is -2.37. The summed E-state index contributed by atoms with van der Waals surface area (Å²) in [5.41, 5.74) is -1.45. The number of carbonyl (C=O) groups is 1. The third kappa shape index (κ3) is 2.17. The Bertz CT molecular complexity index is 623. The number of aliphatic hydroxyl groups is 1. The second-order valence-corrected chi connectivity index (χ2v) is 4.20. The average molecular weight is 274 g/mol. The number of halogens is 1. The Balaban J connectivity index is 2.44. The van der Waals surface area contributed by atoms with E-state index in [0.29, 0.717) is 4.57 Å². The number of aryl methyl sites for hydroxylation is 1. The van der Waals surface area contributed by atoms with Crippen LogP contribution in [0.25, 0.3) is 0 Å². The fourth-order valence-corrected chi connectivity index (χ4v) is 1.84. The second-order valence-electron chi connectivity index (χ2n) is 4.20. The number of hydrogen-bond acceptors (Lipinski definition) is 5. The second kappa shape index (κ2) is 4.59. The van der Waals surface area contributed by atoms with Gasteiger partial charge < -0.3 is 14.9 Å². The number of aromatic nitrogens is 2. The van der Waals surface area contributed by atoms with E-state index in [0.717, 1.165) is 6.20 Å². The van der Waals surface area contributed by atoms with E-state index >= 15 is 0 Å². The van der Waals surface area contributed by atoms with Gasteiger partial charge in [0.05, 0.1) is 0 Å². The Morgan fingerprint density at radius 1 is 1.53 bits per heavy atom. The summed E-state index contributed by atoms with van der Waals surface area (Å²) in [6.45, 7) is 1.39. The highest BCUT2D eigenvalue weighted by Crippen LogP contribution is 2.30. The van der Waals surface area contributed by atoms with Crippen LogP contribution < -0.4 is 11.2 Å². The zero-order valence-electron chi connectivity index (χ0n) is 9.74. The maximum atomic E-state index is 13.8. The zero-order valence-corrected chi connectivity index (χ0v) is 9.74. The Morgan fingerprint density at radius 2 is 2.16 bits per heavy atom. The Hall–Kier alpha value is -2.00. The number of hydrogen-bond donors (Lipinski definition) is 3. The molecule has 3 N–H and O–H groups in total. The average Bonchev–Trinajstić information content (AvgIpc) is 2.62. The predicted molar refractivity (Wildman–Crippen MR) is 58.5 cm³/mol. The number of aliphatic carboxylic acids is 1. The van der Waals surface area contributed by atoms with Crippen LogP contribution in [0.1, 0.15) is 11.8 Å². The van der Waals surface area contributed by atoms with E-state index in [-0.39, 0.29) is 5.56 Å². The summed E-state index contributed by atoms with van der Waals surface area (Å²) in [7, 11) is 0. The number of H-pyrrole nitrogens is 1. The number of nitrogens with one attached hydrogen (secondary N) is 1. The van der Waals surface area contributed by atoms with Gasteiger partial charge in [-0.05, 0) is 6.92 Å². The third-order valence-corrected chi connectivity index (χ3v) is 2.86. The lowest BCUT2D eigenvalue weighted by atomic mass is 10.1. The minimum absolute atomic E-state index is 0.128. The van der Waals surface area contributed by atoms with Gasteiger partial charge in [-0.25, -0.2) is 14.0 Å². The van der Waals surface area contributed by atoms with Crippen molar-refractivity contribution in [2.75, 3.05) is 0 Å². The molecule has 19 heavy (non-hydrogen) atoms. The quantitative estimate of drug-likeness (QED) is 0.605. The molecule has 0 aromatic carbocycles. The van der Waals surface area contributed by atoms with Crippen LogP contribution in [0.5, 0.6) is 0 Å². The largest absolute Gasteiger partial charge is 0.479 e. The van der Waals surface area contributed by atoms with Gasteiger partial charge in [0.2, 0.25) is 0 Å². The van der Waals surface area contributed by atoms with E-state index in [2.05, 4.69) is 0 Å². The third-order valence-electron chi connectivity index (χ3n) is 2.86. The molecule has 0 bridgehead atoms. The summed E-state index contributed by atoms with van der Waals surface area (Å²) < 4.78 is 19.3. The summed E-state index contributed by atoms with van der Waals surface area (Å²) in [4.78, 5) is 35.4. The van der Waals surface area contributed by atoms with E-state index in [9.17, 15) is 23.9 Å². The maximum Gasteiger partial charge on any atom is 0.335 e. The minimum Gasteiger partial charge on any atom is -0.479 e. The molecular weight excluding hydrogens is 263 g/mol. The van der Waals surface area contributed by atoms with Gasteiger partial charge in [-0.2, -0.15) is 0 Å². The van der Waals surface area contributed by atoms with Gasteiger partial charge in [0.15, 0.2) is 18.5 Å². The van der Waals surface area contributed by atoms with Gasteiger partial charge in [0.25, 0.3) is 5.56 Å². The van der Waals surface area contributed by atoms with Crippen LogP contribution in [0.2, 0.25) is 0 Å². The Labute approximate surface area is 105 Å². The van der Waals surface area contributed by atoms with Crippen molar-refractivity contribution in [2.24, 2.45) is 0 Å². The smallest absolute Gasteiger partial charge is 0.335 e. The van der Waals surface area contributed by atoms with Gasteiger partial charge in [0.1, 0.15) is 6.10 Å². The Morgan fingerprint density at radius 3 is 2.68 bits per heavy atom. The van der Waals surface area contributed by atoms with Crippen molar-refractivity contribution in [1.29, 1.82) is 0 Å². The molecule has 0 amide bonds. The van der Waals surface area contributed by atoms with Crippen molar-refractivity contribution >= 4 is 5.97 Å². The molecular formula is C10H11FN2O6. The van der Waals surface area contributed by atoms with E-state index in [1.807, 2.05) is 4.98 Å². The van der Waals surface area contributed by atoms with Crippen molar-refractivity contribution in [1.82, 2.24) is 9.55 Å². The SMILES string of the molecule is Cc1cn([C@@H]2O[C@H](C(=O)O)[C@@H](O)[C@@H]2F)c(=O)[nH]c1=O. The summed E-state index contributed by atoms with van der Waals surface area (Å²) in [5, 5.41) is 18.1. The van der Waals surface area contributed by atoms with Crippen molar-refractivity contribution in [2.45, 2.75) is 31.5 Å². The molecule has 2 heterocycles. The molecule has 0 saturated carbocycles. The van der Waals surface area contributed by atoms with Crippen LogP contribution in [0.15, 0.2) is 15.8 Å². The highest BCUT2D eigenvalue weighted by Gasteiger charge is 2.49. The van der Waals surface area contributed by atoms with Crippen LogP contribution in [0, 0.1) is 6.92 Å². The van der Waals surface area contributed by atoms with Gasteiger partial charge in [-0.15, -0.1) is 0 Å². The van der Waals surface area contributed by atoms with Crippen LogP contribution in [0.4, 0.5) is 4.39 Å². The highest BCUT2D eigenvalue weighted by molar-refractivity contribution is 5.73. The highest BCUT2D eigenvalue weighted by atomic mass is 19.1. The van der Waals surface area contributed by atoms with Crippen molar-refractivity contribution in [3.8, 4) is 0 Å². The topological polar surface area (TPSA) is 122 Å². The lowest BCUT2D eigenvalue weighted by molar-refractivity contribution is -0.155. The summed E-state index contributed by atoms with van der Waals surface area (Å²) in [6.07, 6.45) is -6.29. The summed E-state index contributed by atoms with van der Waals surface area (Å²) >= 11 is 0.